The summed E-state index contributed by atoms with van der Waals surface area (Å²) in [6.07, 6.45) is -7.53. The van der Waals surface area contributed by atoms with E-state index in [0.29, 0.717) is 6.07 Å². The Morgan fingerprint density at radius 3 is 1.86 bits per heavy atom. The predicted molar refractivity (Wildman–Crippen MR) is 350 cm³/mol. The predicted octanol–water partition coefficient (Wildman–Crippen LogP) is 6.43. The van der Waals surface area contributed by atoms with Gasteiger partial charge in [-0.15, -0.1) is 0 Å². The number of aromatic hydroxyl groups is 5. The van der Waals surface area contributed by atoms with Crippen LogP contribution in [-0.2, 0) is 53.4 Å². The number of carbonyl (C=O) groups is 7. The lowest BCUT2D eigenvalue weighted by Crippen LogP contribution is -2.56. The molecule has 528 valence electrons. The van der Waals surface area contributed by atoms with Crippen molar-refractivity contribution < 1.29 is 115 Å². The van der Waals surface area contributed by atoms with Gasteiger partial charge in [0.15, 0.2) is 46.8 Å². The number of ether oxygens (including phenoxy) is 5. The maximum Gasteiger partial charge on any atom is 0.446 e. The fourth-order valence-corrected chi connectivity index (χ4v) is 13.5. The summed E-state index contributed by atoms with van der Waals surface area (Å²) >= 11 is 28.0. The van der Waals surface area contributed by atoms with Crippen LogP contribution in [0.5, 0.6) is 69.0 Å². The summed E-state index contributed by atoms with van der Waals surface area (Å²) in [6, 6.07) is 1.98. The van der Waals surface area contributed by atoms with Crippen molar-refractivity contribution in [3.8, 4) is 80.1 Å². The van der Waals surface area contributed by atoms with Gasteiger partial charge in [0.1, 0.15) is 77.2 Å². The Hall–Kier alpha value is -10.1. The van der Waals surface area contributed by atoms with Gasteiger partial charge in [-0.1, -0.05) is 64.6 Å². The van der Waals surface area contributed by atoms with E-state index in [1.165, 1.54) is 38.2 Å². The number of amides is 6. The Kier molecular flexibility index (Phi) is 19.5. The topological polar surface area (TPSA) is 475 Å². The highest BCUT2D eigenvalue weighted by atomic mass is 35.5. The highest BCUT2D eigenvalue weighted by Gasteiger charge is 2.45. The van der Waals surface area contributed by atoms with Crippen molar-refractivity contribution in [3.63, 3.8) is 0 Å². The van der Waals surface area contributed by atoms with Crippen molar-refractivity contribution in [3.05, 3.63) is 162 Å². The molecule has 7 aromatic rings. The van der Waals surface area contributed by atoms with Crippen LogP contribution in [0, 0.1) is 0 Å². The van der Waals surface area contributed by atoms with E-state index in [9.17, 15) is 63.4 Å². The smallest absolute Gasteiger partial charge is 0.446 e. The number of phenols is 5. The van der Waals surface area contributed by atoms with Crippen molar-refractivity contribution in [2.75, 3.05) is 7.05 Å². The van der Waals surface area contributed by atoms with E-state index in [4.69, 9.17) is 74.3 Å². The molecule has 0 saturated carbocycles. The number of nitrogens with one attached hydrogen (secondary N) is 7. The Morgan fingerprint density at radius 1 is 0.574 bits per heavy atom. The monoisotopic (exact) mass is 1490 g/mol. The number of phenolic OH excluding ortho intramolecular Hbond substituents is 5. The second-order valence-corrected chi connectivity index (χ2v) is 26.3. The fraction of sp³-hybridized carbons (Fsp3) is 0.246. The molecule has 0 spiro atoms. The van der Waals surface area contributed by atoms with Crippen LogP contribution < -0.4 is 55.6 Å². The summed E-state index contributed by atoms with van der Waals surface area (Å²) < 4.78 is 71.4. The van der Waals surface area contributed by atoms with E-state index in [-0.39, 0.29) is 46.1 Å². The SMILES string of the molecule is CNC1C(=O)NC2C(=O)NC(C(=O)NC3C(=O)NC4C(=O)NC(C(=O)NC(C(=O)O)c5cc(O)cc(O)c5-c5cc4ccc5OS(=O)(=O)O)C(OC4CCC(O)C(C)O4)c4cc(Cl)c(c(Cl)c4)Oc4cc3cc(c4O)Oc3ccc(cc3Cl)C2O)c2cc(cc(O)c2Cl)Oc2cc1ccc2O. The van der Waals surface area contributed by atoms with Crippen molar-refractivity contribution in [1.29, 1.82) is 0 Å². The van der Waals surface area contributed by atoms with Crippen LogP contribution in [0.4, 0.5) is 0 Å². The van der Waals surface area contributed by atoms with Gasteiger partial charge >= 0.3 is 16.4 Å². The summed E-state index contributed by atoms with van der Waals surface area (Å²) in [4.78, 5) is 107. The largest absolute Gasteiger partial charge is 0.508 e. The molecule has 36 heteroatoms. The van der Waals surface area contributed by atoms with Gasteiger partial charge in [-0.05, 0) is 121 Å². The highest BCUT2D eigenvalue weighted by molar-refractivity contribution is 7.81. The molecule has 101 heavy (non-hydrogen) atoms. The first-order valence-electron chi connectivity index (χ1n) is 30.1. The lowest BCUT2D eigenvalue weighted by Gasteiger charge is -2.37. The highest BCUT2D eigenvalue weighted by Crippen LogP contribution is 2.51. The number of hydrogen-bond donors (Lipinski definition) is 16. The third-order valence-corrected chi connectivity index (χ3v) is 18.7. The van der Waals surface area contributed by atoms with Gasteiger partial charge < -0.3 is 106 Å². The maximum atomic E-state index is 16.2. The molecule has 16 N–H and O–H groups in total. The number of benzene rings is 7. The zero-order chi connectivity index (χ0) is 72.5. The molecule has 7 heterocycles. The molecular formula is C65H55Cl4N7O24S. The number of halogens is 4. The van der Waals surface area contributed by atoms with Gasteiger partial charge in [0, 0.05) is 40.8 Å². The van der Waals surface area contributed by atoms with E-state index in [1.807, 2.05) is 0 Å². The molecule has 31 nitrogen and oxygen atoms in total. The first-order chi connectivity index (χ1) is 47.8. The zero-order valence-electron chi connectivity index (χ0n) is 51.7. The number of aliphatic hydroxyl groups is 2. The fourth-order valence-electron chi connectivity index (χ4n) is 12.1. The number of likely N-dealkylation sites (N-methyl/N-ethyl adjacent to an activating group) is 1. The van der Waals surface area contributed by atoms with Gasteiger partial charge in [-0.2, -0.15) is 8.42 Å². The van der Waals surface area contributed by atoms with Crippen LogP contribution in [0.2, 0.25) is 20.1 Å². The molecule has 7 aliphatic heterocycles. The van der Waals surface area contributed by atoms with Crippen molar-refractivity contribution in [2.45, 2.75) is 92.8 Å². The number of carbonyl (C=O) groups excluding carboxylic acids is 6. The summed E-state index contributed by atoms with van der Waals surface area (Å²) in [6.45, 7) is 1.49. The second-order valence-electron chi connectivity index (χ2n) is 23.7. The minimum Gasteiger partial charge on any atom is -0.508 e. The molecule has 0 aromatic heterocycles. The molecule has 1 fully saturated rings. The van der Waals surface area contributed by atoms with Crippen molar-refractivity contribution >= 4 is 98.2 Å². The lowest BCUT2D eigenvalue weighted by molar-refractivity contribution is -0.239. The quantitative estimate of drug-likeness (QED) is 0.0797. The summed E-state index contributed by atoms with van der Waals surface area (Å²) in [7, 11) is -4.21. The lowest BCUT2D eigenvalue weighted by atomic mass is 9.89. The van der Waals surface area contributed by atoms with Crippen molar-refractivity contribution in [2.24, 2.45) is 0 Å². The molecule has 0 radical (unpaired) electrons. The third-order valence-electron chi connectivity index (χ3n) is 17.0. The Bertz CT molecular complexity index is 4740. The van der Waals surface area contributed by atoms with Crippen molar-refractivity contribution in [1.82, 2.24) is 37.2 Å². The van der Waals surface area contributed by atoms with Crippen LogP contribution in [0.25, 0.3) is 11.1 Å². The number of carboxylic acids is 1. The van der Waals surface area contributed by atoms with E-state index in [2.05, 4.69) is 37.2 Å². The number of carboxylic acid groups (broad SMARTS) is 1. The first kappa shape index (κ1) is 70.8. The maximum absolute atomic E-state index is 16.2. The molecule has 14 rings (SSSR count). The zero-order valence-corrected chi connectivity index (χ0v) is 55.6. The summed E-state index contributed by atoms with van der Waals surface area (Å²) in [5.74, 6) is -18.3. The molecular weight excluding hydrogens is 1440 g/mol. The average molecular weight is 1490 g/mol. The van der Waals surface area contributed by atoms with E-state index in [1.54, 1.807) is 0 Å². The van der Waals surface area contributed by atoms with Crippen LogP contribution in [0.15, 0.2) is 103 Å². The molecule has 17 bridgehead atoms. The number of rotatable bonds is 6. The minimum atomic E-state index is -5.58. The average Bonchev–Trinajstić information content (AvgIpc) is 0.753. The van der Waals surface area contributed by atoms with Gasteiger partial charge in [0.05, 0.1) is 32.3 Å². The second kappa shape index (κ2) is 27.8. The molecule has 6 amide bonds. The molecule has 12 unspecified atom stereocenters. The first-order valence-corrected chi connectivity index (χ1v) is 33.0. The minimum absolute atomic E-state index is 0.0289. The van der Waals surface area contributed by atoms with E-state index in [0.717, 1.165) is 72.8 Å². The van der Waals surface area contributed by atoms with Gasteiger partial charge in [-0.25, -0.2) is 4.79 Å². The Balaban J connectivity index is 1.13. The van der Waals surface area contributed by atoms with Crippen LogP contribution >= 0.6 is 46.4 Å². The number of fused-ring (bicyclic) bond motifs is 14. The van der Waals surface area contributed by atoms with Gasteiger partial charge in [0.25, 0.3) is 0 Å². The molecule has 12 atom stereocenters. The number of aliphatic hydroxyl groups excluding tert-OH is 2. The third kappa shape index (κ3) is 14.2. The van der Waals surface area contributed by atoms with E-state index < -0.39 is 231 Å². The Morgan fingerprint density at radius 2 is 1.19 bits per heavy atom. The van der Waals surface area contributed by atoms with Gasteiger partial charge in [0.2, 0.25) is 41.2 Å². The van der Waals surface area contributed by atoms with Crippen LogP contribution in [0.3, 0.4) is 0 Å². The molecule has 7 aromatic carbocycles. The normalized spacial score (nSPS) is 24.4. The standard InChI is InChI=1S/C65H55Cl4N7O24S/c1-22-36(78)7-10-45(95-22)99-57-27-13-34(67)58(35(68)14-27)98-44-17-26-16-43(56(44)83)97-41-9-5-25(12-33(41)66)55(82)53-63(88)73-51(32-20-29(21-39(81)47(32)69)96-42-15-24(3-6-37(42)79)48(70-2)59(84)75-53)62(87)72-50(26)61(86)71-49-23-4-8-40(100-101(92,93)94)30(11-23)46-31(18-28(77)19-38(46)80)52(65(90)91)74-64(89)54(57)76-60(49)85/h3-6,8-9,11-22,36,45,48-55,57,70,77-83H,7,10H2,1-2H3,(H,71,86)(H,72,87)(H,73,88)(H,74,89)(H,75,84)(H,76,85)(H,90,91)(H,92,93,94). The summed E-state index contributed by atoms with van der Waals surface area (Å²) in [5, 5.41) is 107. The number of aliphatic carboxylic acids is 1. The van der Waals surface area contributed by atoms with Crippen LogP contribution in [0.1, 0.15) is 101 Å². The van der Waals surface area contributed by atoms with E-state index >= 15 is 24.0 Å². The number of hydrogen-bond acceptors (Lipinski definition) is 23. The molecule has 1 saturated heterocycles. The van der Waals surface area contributed by atoms with Gasteiger partial charge in [-0.3, -0.25) is 33.3 Å². The summed E-state index contributed by atoms with van der Waals surface area (Å²) in [5.41, 5.74) is -4.05. The van der Waals surface area contributed by atoms with Crippen LogP contribution in [-0.4, -0.2) is 133 Å². The molecule has 0 aliphatic carbocycles. The molecule has 7 aliphatic rings. The Labute approximate surface area is 589 Å².